The van der Waals surface area contributed by atoms with E-state index in [0.717, 1.165) is 13.0 Å². The number of pyridine rings is 1. The lowest BCUT2D eigenvalue weighted by Gasteiger charge is -2.16. The van der Waals surface area contributed by atoms with E-state index in [1.807, 2.05) is 30.3 Å². The molecular formula is C15H18N2O. The number of nitrogens with one attached hydrogen (secondary N) is 1. The number of aliphatic hydroxyl groups excluding tert-OH is 1. The molecule has 0 amide bonds. The zero-order chi connectivity index (χ0) is 12.6. The highest BCUT2D eigenvalue weighted by molar-refractivity contribution is 5.16. The minimum Gasteiger partial charge on any atom is -0.395 e. The molecule has 0 aliphatic carbocycles. The van der Waals surface area contributed by atoms with Crippen molar-refractivity contribution in [3.8, 4) is 0 Å². The molecule has 0 radical (unpaired) electrons. The zero-order valence-electron chi connectivity index (χ0n) is 10.3. The Kier molecular flexibility index (Phi) is 4.88. The van der Waals surface area contributed by atoms with Gasteiger partial charge in [-0.15, -0.1) is 0 Å². The maximum absolute atomic E-state index is 9.39. The van der Waals surface area contributed by atoms with E-state index in [0.29, 0.717) is 0 Å². The fourth-order valence-corrected chi connectivity index (χ4v) is 1.86. The first kappa shape index (κ1) is 12.7. The molecule has 18 heavy (non-hydrogen) atoms. The summed E-state index contributed by atoms with van der Waals surface area (Å²) in [6.45, 7) is 0.889. The first-order valence-corrected chi connectivity index (χ1v) is 6.15. The second-order valence-electron chi connectivity index (χ2n) is 4.31. The van der Waals surface area contributed by atoms with Crippen molar-refractivity contribution < 1.29 is 5.11 Å². The number of hydrogen-bond acceptors (Lipinski definition) is 3. The summed E-state index contributed by atoms with van der Waals surface area (Å²) in [4.78, 5) is 3.98. The normalized spacial score (nSPS) is 12.3. The first-order chi connectivity index (χ1) is 8.88. The highest BCUT2D eigenvalue weighted by Gasteiger charge is 2.07. The fourth-order valence-electron chi connectivity index (χ4n) is 1.86. The van der Waals surface area contributed by atoms with Gasteiger partial charge in [0, 0.05) is 25.0 Å². The van der Waals surface area contributed by atoms with Gasteiger partial charge in [0.05, 0.1) is 6.61 Å². The Morgan fingerprint density at radius 2 is 1.72 bits per heavy atom. The highest BCUT2D eigenvalue weighted by Crippen LogP contribution is 2.04. The molecule has 2 N–H and O–H groups in total. The van der Waals surface area contributed by atoms with Gasteiger partial charge in [-0.1, -0.05) is 30.3 Å². The number of aliphatic hydroxyl groups is 1. The number of hydrogen-bond donors (Lipinski definition) is 2. The van der Waals surface area contributed by atoms with Crippen molar-refractivity contribution in [2.75, 3.05) is 6.61 Å². The smallest absolute Gasteiger partial charge is 0.0587 e. The lowest BCUT2D eigenvalue weighted by Crippen LogP contribution is -2.34. The van der Waals surface area contributed by atoms with Crippen LogP contribution in [0.25, 0.3) is 0 Å². The van der Waals surface area contributed by atoms with Gasteiger partial charge >= 0.3 is 0 Å². The van der Waals surface area contributed by atoms with Gasteiger partial charge in [0.1, 0.15) is 0 Å². The molecule has 0 spiro atoms. The van der Waals surface area contributed by atoms with E-state index in [9.17, 15) is 5.11 Å². The van der Waals surface area contributed by atoms with Gasteiger partial charge in [-0.25, -0.2) is 0 Å². The average molecular weight is 242 g/mol. The van der Waals surface area contributed by atoms with Gasteiger partial charge in [-0.3, -0.25) is 4.98 Å². The minimum atomic E-state index is 0.0839. The molecule has 3 heteroatoms. The number of benzene rings is 1. The van der Waals surface area contributed by atoms with E-state index in [4.69, 9.17) is 0 Å². The van der Waals surface area contributed by atoms with Crippen LogP contribution in [0.15, 0.2) is 54.9 Å². The van der Waals surface area contributed by atoms with E-state index >= 15 is 0 Å². The van der Waals surface area contributed by atoms with Crippen molar-refractivity contribution >= 4 is 0 Å². The quantitative estimate of drug-likeness (QED) is 0.811. The maximum Gasteiger partial charge on any atom is 0.0587 e. The number of nitrogens with zero attached hydrogens (tertiary/aromatic N) is 1. The third-order valence-corrected chi connectivity index (χ3v) is 2.89. The molecule has 1 aromatic carbocycles. The van der Waals surface area contributed by atoms with Gasteiger partial charge in [0.25, 0.3) is 0 Å². The molecule has 0 aliphatic rings. The Morgan fingerprint density at radius 1 is 1.00 bits per heavy atom. The SMILES string of the molecule is OC[C@@H](Cc1ccccc1)NCc1ccncc1. The molecule has 0 unspecified atom stereocenters. The predicted octanol–water partition coefficient (Wildman–Crippen LogP) is 1.77. The minimum absolute atomic E-state index is 0.0839. The van der Waals surface area contributed by atoms with Crippen molar-refractivity contribution in [2.24, 2.45) is 0 Å². The summed E-state index contributed by atoms with van der Waals surface area (Å²) in [5.74, 6) is 0. The molecule has 2 rings (SSSR count). The molecule has 3 nitrogen and oxygen atoms in total. The van der Waals surface area contributed by atoms with Gasteiger partial charge in [-0.2, -0.15) is 0 Å². The van der Waals surface area contributed by atoms with Gasteiger partial charge < -0.3 is 10.4 Å². The summed E-state index contributed by atoms with van der Waals surface area (Å²) in [5, 5.41) is 12.7. The van der Waals surface area contributed by atoms with Gasteiger partial charge in [0.2, 0.25) is 0 Å². The average Bonchev–Trinajstić information content (AvgIpc) is 2.45. The first-order valence-electron chi connectivity index (χ1n) is 6.15. The summed E-state index contributed by atoms with van der Waals surface area (Å²) < 4.78 is 0. The summed E-state index contributed by atoms with van der Waals surface area (Å²) >= 11 is 0. The maximum atomic E-state index is 9.39. The van der Waals surface area contributed by atoms with Crippen LogP contribution >= 0.6 is 0 Å². The molecule has 1 atom stereocenters. The topological polar surface area (TPSA) is 45.1 Å². The van der Waals surface area contributed by atoms with Crippen LogP contribution < -0.4 is 5.32 Å². The van der Waals surface area contributed by atoms with Crippen LogP contribution in [-0.2, 0) is 13.0 Å². The van der Waals surface area contributed by atoms with Crippen LogP contribution in [0.5, 0.6) is 0 Å². The van der Waals surface area contributed by atoms with Crippen LogP contribution in [0, 0.1) is 0 Å². The molecular weight excluding hydrogens is 224 g/mol. The van der Waals surface area contributed by atoms with Gasteiger partial charge in [-0.05, 0) is 29.7 Å². The van der Waals surface area contributed by atoms with Gasteiger partial charge in [0.15, 0.2) is 0 Å². The monoisotopic (exact) mass is 242 g/mol. The summed E-state index contributed by atoms with van der Waals surface area (Å²) in [7, 11) is 0. The Hall–Kier alpha value is -1.71. The lowest BCUT2D eigenvalue weighted by atomic mass is 10.1. The molecule has 0 fully saturated rings. The molecule has 0 bridgehead atoms. The second-order valence-corrected chi connectivity index (χ2v) is 4.31. The Labute approximate surface area is 108 Å². The molecule has 94 valence electrons. The second kappa shape index (κ2) is 6.89. The van der Waals surface area contributed by atoms with Crippen molar-refractivity contribution in [2.45, 2.75) is 19.0 Å². The molecule has 1 aromatic heterocycles. The molecule has 0 saturated carbocycles. The zero-order valence-corrected chi connectivity index (χ0v) is 10.3. The molecule has 0 saturated heterocycles. The third kappa shape index (κ3) is 3.95. The number of aromatic nitrogens is 1. The van der Waals surface area contributed by atoms with Crippen molar-refractivity contribution in [1.29, 1.82) is 0 Å². The third-order valence-electron chi connectivity index (χ3n) is 2.89. The molecule has 2 aromatic rings. The van der Waals surface area contributed by atoms with Crippen molar-refractivity contribution in [1.82, 2.24) is 10.3 Å². The summed E-state index contributed by atoms with van der Waals surface area (Å²) in [6, 6.07) is 14.2. The van der Waals surface area contributed by atoms with Crippen molar-refractivity contribution in [3.05, 3.63) is 66.0 Å². The standard InChI is InChI=1S/C15H18N2O/c18-12-15(10-13-4-2-1-3-5-13)17-11-14-6-8-16-9-7-14/h1-9,15,17-18H,10-12H2/t15-/m1/s1. The van der Waals surface area contributed by atoms with E-state index < -0.39 is 0 Å². The summed E-state index contributed by atoms with van der Waals surface area (Å²) in [6.07, 6.45) is 4.40. The van der Waals surface area contributed by atoms with E-state index in [1.165, 1.54) is 11.1 Å². The fraction of sp³-hybridized carbons (Fsp3) is 0.267. The van der Waals surface area contributed by atoms with Crippen LogP contribution in [0.2, 0.25) is 0 Å². The van der Waals surface area contributed by atoms with E-state index in [2.05, 4.69) is 22.4 Å². The Morgan fingerprint density at radius 3 is 2.39 bits per heavy atom. The molecule has 1 heterocycles. The van der Waals surface area contributed by atoms with E-state index in [1.54, 1.807) is 12.4 Å². The summed E-state index contributed by atoms with van der Waals surface area (Å²) in [5.41, 5.74) is 2.41. The molecule has 0 aliphatic heterocycles. The Bertz CT molecular complexity index is 445. The number of rotatable bonds is 6. The van der Waals surface area contributed by atoms with Crippen LogP contribution in [0.4, 0.5) is 0 Å². The van der Waals surface area contributed by atoms with Crippen LogP contribution in [-0.4, -0.2) is 22.7 Å². The largest absolute Gasteiger partial charge is 0.395 e. The predicted molar refractivity (Wildman–Crippen MR) is 72.1 cm³/mol. The van der Waals surface area contributed by atoms with Crippen LogP contribution in [0.1, 0.15) is 11.1 Å². The Balaban J connectivity index is 1.86. The van der Waals surface area contributed by atoms with E-state index in [-0.39, 0.29) is 12.6 Å². The highest BCUT2D eigenvalue weighted by atomic mass is 16.3. The van der Waals surface area contributed by atoms with Crippen molar-refractivity contribution in [3.63, 3.8) is 0 Å². The van der Waals surface area contributed by atoms with Crippen LogP contribution in [0.3, 0.4) is 0 Å². The lowest BCUT2D eigenvalue weighted by molar-refractivity contribution is 0.241.